The summed E-state index contributed by atoms with van der Waals surface area (Å²) in [7, 11) is 0. The fourth-order valence-corrected chi connectivity index (χ4v) is 4.29. The Morgan fingerprint density at radius 1 is 1.16 bits per heavy atom. The van der Waals surface area contributed by atoms with Gasteiger partial charge >= 0.3 is 6.09 Å². The molecule has 4 amide bonds. The monoisotopic (exact) mass is 514 g/mol. The van der Waals surface area contributed by atoms with Gasteiger partial charge in [0, 0.05) is 18.2 Å². The number of carbonyl (C=O) groups excluding carboxylic acids is 4. The molecule has 1 saturated carbocycles. The fourth-order valence-electron chi connectivity index (χ4n) is 4.29. The number of alkyl carbamates (subject to hydrolysis) is 1. The largest absolute Gasteiger partial charge is 0.444 e. The second-order valence-electron chi connectivity index (χ2n) is 10.1. The maximum atomic E-state index is 13.7. The second-order valence-corrected chi connectivity index (χ2v) is 10.1. The van der Waals surface area contributed by atoms with Crippen LogP contribution in [0.5, 0.6) is 0 Å². The van der Waals surface area contributed by atoms with Crippen LogP contribution in [0, 0.1) is 12.3 Å². The lowest BCUT2D eigenvalue weighted by atomic mass is 9.94. The summed E-state index contributed by atoms with van der Waals surface area (Å²) in [5.74, 6) is 0.484. The fraction of sp³-hybridized carbons (Fsp3) is 0.556. The topological polar surface area (TPSA) is 151 Å². The zero-order chi connectivity index (χ0) is 27.6. The van der Waals surface area contributed by atoms with Crippen LogP contribution in [0.2, 0.25) is 0 Å². The van der Waals surface area contributed by atoms with Crippen LogP contribution >= 0.6 is 0 Å². The SMILES string of the molecule is C#Cc1ccc(C(C(=O)NC2CCCCC2)N(CCO)C(=O)C(CC(N)=O)NC(=O)OC(C)(C)C)cc1. The molecule has 0 aromatic heterocycles. The number of nitrogens with one attached hydrogen (secondary N) is 2. The molecular formula is C27H38N4O6. The van der Waals surface area contributed by atoms with Crippen molar-refractivity contribution in [2.45, 2.75) is 83.0 Å². The first kappa shape index (κ1) is 29.6. The van der Waals surface area contributed by atoms with Crippen molar-refractivity contribution in [3.05, 3.63) is 35.4 Å². The smallest absolute Gasteiger partial charge is 0.408 e. The molecule has 37 heavy (non-hydrogen) atoms. The van der Waals surface area contributed by atoms with E-state index in [4.69, 9.17) is 16.9 Å². The van der Waals surface area contributed by atoms with Crippen LogP contribution in [0.4, 0.5) is 4.79 Å². The maximum absolute atomic E-state index is 13.7. The van der Waals surface area contributed by atoms with Crippen molar-refractivity contribution in [3.8, 4) is 12.3 Å². The summed E-state index contributed by atoms with van der Waals surface area (Å²) < 4.78 is 5.24. The number of nitrogens with zero attached hydrogens (tertiary/aromatic N) is 1. The van der Waals surface area contributed by atoms with Gasteiger partial charge in [-0.25, -0.2) is 4.79 Å². The van der Waals surface area contributed by atoms with E-state index in [1.165, 1.54) is 0 Å². The molecule has 0 aliphatic heterocycles. The van der Waals surface area contributed by atoms with Crippen molar-refractivity contribution >= 4 is 23.8 Å². The number of benzene rings is 1. The van der Waals surface area contributed by atoms with Gasteiger partial charge in [-0.1, -0.05) is 37.3 Å². The molecule has 10 nitrogen and oxygen atoms in total. The molecule has 2 rings (SSSR count). The number of hydrogen-bond donors (Lipinski definition) is 4. The molecule has 1 aliphatic carbocycles. The van der Waals surface area contributed by atoms with Gasteiger partial charge in [0.2, 0.25) is 17.7 Å². The molecule has 0 saturated heterocycles. The lowest BCUT2D eigenvalue weighted by Crippen LogP contribution is -2.55. The lowest BCUT2D eigenvalue weighted by molar-refractivity contribution is -0.144. The molecule has 1 fully saturated rings. The molecule has 10 heteroatoms. The van der Waals surface area contributed by atoms with Gasteiger partial charge in [-0.2, -0.15) is 0 Å². The number of primary amides is 1. The van der Waals surface area contributed by atoms with E-state index in [1.54, 1.807) is 45.0 Å². The molecule has 0 radical (unpaired) electrons. The summed E-state index contributed by atoms with van der Waals surface area (Å²) in [6.07, 6.45) is 8.77. The highest BCUT2D eigenvalue weighted by Crippen LogP contribution is 2.25. The van der Waals surface area contributed by atoms with Gasteiger partial charge in [-0.05, 0) is 51.3 Å². The van der Waals surface area contributed by atoms with Gasteiger partial charge in [0.25, 0.3) is 0 Å². The minimum atomic E-state index is -1.41. The second kappa shape index (κ2) is 13.7. The number of aliphatic hydroxyl groups is 1. The van der Waals surface area contributed by atoms with Gasteiger partial charge < -0.3 is 31.1 Å². The van der Waals surface area contributed by atoms with Crippen molar-refractivity contribution in [1.82, 2.24) is 15.5 Å². The summed E-state index contributed by atoms with van der Waals surface area (Å²) in [5, 5.41) is 15.2. The third kappa shape index (κ3) is 9.42. The average Bonchev–Trinajstić information content (AvgIpc) is 2.82. The summed E-state index contributed by atoms with van der Waals surface area (Å²) in [6.45, 7) is 4.27. The third-order valence-electron chi connectivity index (χ3n) is 5.92. The zero-order valence-electron chi connectivity index (χ0n) is 21.8. The molecule has 1 aromatic carbocycles. The first-order valence-electron chi connectivity index (χ1n) is 12.5. The Balaban J connectivity index is 2.44. The van der Waals surface area contributed by atoms with Crippen molar-refractivity contribution in [2.24, 2.45) is 5.73 Å². The number of ether oxygens (including phenoxy) is 1. The van der Waals surface area contributed by atoms with Gasteiger partial charge in [-0.15, -0.1) is 6.42 Å². The van der Waals surface area contributed by atoms with E-state index in [9.17, 15) is 24.3 Å². The minimum absolute atomic E-state index is 0.0406. The molecule has 1 aliphatic rings. The van der Waals surface area contributed by atoms with E-state index in [-0.39, 0.29) is 12.6 Å². The van der Waals surface area contributed by atoms with Crippen molar-refractivity contribution in [2.75, 3.05) is 13.2 Å². The highest BCUT2D eigenvalue weighted by atomic mass is 16.6. The van der Waals surface area contributed by atoms with Crippen molar-refractivity contribution in [1.29, 1.82) is 0 Å². The summed E-state index contributed by atoms with van der Waals surface area (Å²) in [4.78, 5) is 52.7. The van der Waals surface area contributed by atoms with Crippen LogP contribution < -0.4 is 16.4 Å². The first-order chi connectivity index (χ1) is 17.4. The van der Waals surface area contributed by atoms with Crippen molar-refractivity contribution in [3.63, 3.8) is 0 Å². The predicted octanol–water partition coefficient (Wildman–Crippen LogP) is 1.75. The van der Waals surface area contributed by atoms with Gasteiger partial charge in [-0.3, -0.25) is 14.4 Å². The molecular weight excluding hydrogens is 476 g/mol. The van der Waals surface area contributed by atoms with E-state index >= 15 is 0 Å². The molecule has 0 bridgehead atoms. The zero-order valence-corrected chi connectivity index (χ0v) is 21.8. The van der Waals surface area contributed by atoms with E-state index in [0.717, 1.165) is 37.0 Å². The standard InChI is InChI=1S/C27H38N4O6/c1-5-18-11-13-19(14-12-18)23(24(34)29-20-9-7-6-8-10-20)31(15-16-32)25(35)21(17-22(28)33)30-26(36)37-27(2,3)4/h1,11-14,20-21,23,32H,6-10,15-17H2,2-4H3,(H2,28,33)(H,29,34)(H,30,36). The van der Waals surface area contributed by atoms with Crippen molar-refractivity contribution < 1.29 is 29.0 Å². The van der Waals surface area contributed by atoms with Gasteiger partial charge in [0.05, 0.1) is 13.0 Å². The Morgan fingerprint density at radius 2 is 1.78 bits per heavy atom. The van der Waals surface area contributed by atoms with Crippen LogP contribution in [0.25, 0.3) is 0 Å². The van der Waals surface area contributed by atoms with Crippen LogP contribution in [-0.4, -0.2) is 64.7 Å². The van der Waals surface area contributed by atoms with E-state index in [0.29, 0.717) is 11.1 Å². The van der Waals surface area contributed by atoms with Gasteiger partial charge in [0.15, 0.2) is 0 Å². The van der Waals surface area contributed by atoms with Crippen LogP contribution in [-0.2, 0) is 19.1 Å². The van der Waals surface area contributed by atoms with Crippen LogP contribution in [0.1, 0.15) is 76.5 Å². The first-order valence-corrected chi connectivity index (χ1v) is 12.5. The van der Waals surface area contributed by atoms with Gasteiger partial charge in [0.1, 0.15) is 17.7 Å². The van der Waals surface area contributed by atoms with Crippen LogP contribution in [0.3, 0.4) is 0 Å². The number of hydrogen-bond acceptors (Lipinski definition) is 6. The maximum Gasteiger partial charge on any atom is 0.408 e. The number of aliphatic hydroxyl groups excluding tert-OH is 1. The number of nitrogens with two attached hydrogens (primary N) is 1. The van der Waals surface area contributed by atoms with E-state index in [2.05, 4.69) is 16.6 Å². The Morgan fingerprint density at radius 3 is 2.30 bits per heavy atom. The molecule has 5 N–H and O–H groups in total. The summed E-state index contributed by atoms with van der Waals surface area (Å²) in [5.41, 5.74) is 5.56. The number of terminal acetylenes is 1. The van der Waals surface area contributed by atoms with E-state index < -0.39 is 54.5 Å². The molecule has 202 valence electrons. The predicted molar refractivity (Wildman–Crippen MR) is 138 cm³/mol. The lowest BCUT2D eigenvalue weighted by Gasteiger charge is -2.35. The van der Waals surface area contributed by atoms with E-state index in [1.807, 2.05) is 0 Å². The molecule has 0 spiro atoms. The number of amides is 4. The third-order valence-corrected chi connectivity index (χ3v) is 5.92. The Kier molecular flexibility index (Phi) is 10.9. The van der Waals surface area contributed by atoms with Crippen LogP contribution in [0.15, 0.2) is 24.3 Å². The molecule has 1 aromatic rings. The number of carbonyl (C=O) groups is 4. The Labute approximate surface area is 218 Å². The Hall–Kier alpha value is -3.58. The normalized spacial score (nSPS) is 15.5. The summed E-state index contributed by atoms with van der Waals surface area (Å²) >= 11 is 0. The number of rotatable bonds is 10. The highest BCUT2D eigenvalue weighted by molar-refractivity contribution is 5.94. The molecule has 0 heterocycles. The average molecular weight is 515 g/mol. The summed E-state index contributed by atoms with van der Waals surface area (Å²) in [6, 6.07) is 3.99. The minimum Gasteiger partial charge on any atom is -0.444 e. The Bertz CT molecular complexity index is 990. The quantitative estimate of drug-likeness (QED) is 0.349. The molecule has 2 unspecified atom stereocenters. The molecule has 2 atom stereocenters. The highest BCUT2D eigenvalue weighted by Gasteiger charge is 2.37.